The molecule has 0 fully saturated rings. The van der Waals surface area contributed by atoms with Gasteiger partial charge in [0.15, 0.2) is 22.2 Å². The molecule has 2 N–H and O–H groups in total. The smallest absolute Gasteiger partial charge is 0.381 e. The lowest BCUT2D eigenvalue weighted by atomic mass is 10.0. The number of benzene rings is 4. The number of nitrogens with one attached hydrogen (secondary N) is 2. The zero-order chi connectivity index (χ0) is 46.6. The van der Waals surface area contributed by atoms with Gasteiger partial charge < -0.3 is 19.0 Å². The van der Waals surface area contributed by atoms with Crippen molar-refractivity contribution in [3.8, 4) is 22.3 Å². The molecule has 11 nitrogen and oxygen atoms in total. The lowest BCUT2D eigenvalue weighted by molar-refractivity contribution is -0.138. The fourth-order valence-corrected chi connectivity index (χ4v) is 8.51. The lowest BCUT2D eigenvalue weighted by Gasteiger charge is -2.13. The summed E-state index contributed by atoms with van der Waals surface area (Å²) in [5.41, 5.74) is 7.31. The van der Waals surface area contributed by atoms with Gasteiger partial charge in [0.2, 0.25) is 0 Å². The molecular weight excluding hydrogens is 905 g/mol. The second-order valence-corrected chi connectivity index (χ2v) is 16.5. The number of carbonyl (C=O) groups excluding carboxylic acids is 1. The van der Waals surface area contributed by atoms with Crippen molar-refractivity contribution in [1.29, 1.82) is 0 Å². The molecule has 0 saturated heterocycles. The van der Waals surface area contributed by atoms with Crippen LogP contribution in [0.5, 0.6) is 0 Å². The van der Waals surface area contributed by atoms with Gasteiger partial charge in [0, 0.05) is 22.5 Å². The van der Waals surface area contributed by atoms with E-state index in [0.717, 1.165) is 119 Å². The molecule has 18 heteroatoms. The molecule has 356 valence electrons. The van der Waals surface area contributed by atoms with Gasteiger partial charge in [0.1, 0.15) is 12.7 Å². The Bertz CT molecular complexity index is 2990. The Morgan fingerprint density at radius 2 is 1.10 bits per heavy atom. The standard InChI is InChI=1S/C24H20F3N5OS.C24H23F3N4O.2CH4/c25-24(26,27)18-10-8-17(9-11-18)16-6-4-15(5-7-16)12-31-14-28-30-21(31)13-32-20-3-1-2-19(20)22(33)29-23(32)34;1-16(32)21-3-2-4-22(21)28-13-23-30-29-15-31(23)14-17-5-7-18(8-6-17)19-9-11-20(12-10-19)24(25,26)27;;/h4-11,14H,1-3,12-13H2,(H,29,33,34);5-12,15,28H,2-4,13-14H2,1H3;2*1H4. The number of rotatable bonds is 12. The van der Waals surface area contributed by atoms with E-state index in [1.807, 2.05) is 62.2 Å². The summed E-state index contributed by atoms with van der Waals surface area (Å²) < 4.78 is 82.8. The molecule has 0 unspecified atom stereocenters. The van der Waals surface area contributed by atoms with Crippen LogP contribution >= 0.6 is 12.2 Å². The summed E-state index contributed by atoms with van der Waals surface area (Å²) in [5.74, 6) is 1.59. The largest absolute Gasteiger partial charge is 0.416 e. The van der Waals surface area contributed by atoms with E-state index in [-0.39, 0.29) is 26.2 Å². The quantitative estimate of drug-likeness (QED) is 0.0915. The first-order chi connectivity index (χ1) is 31.6. The van der Waals surface area contributed by atoms with E-state index in [1.54, 1.807) is 19.6 Å². The molecule has 3 heterocycles. The average molecular weight is 956 g/mol. The summed E-state index contributed by atoms with van der Waals surface area (Å²) in [6, 6.07) is 25.6. The number of aromatic amines is 1. The topological polar surface area (TPSA) is 128 Å². The highest BCUT2D eigenvalue weighted by atomic mass is 32.1. The number of alkyl halides is 6. The van der Waals surface area contributed by atoms with Crippen LogP contribution in [0.25, 0.3) is 22.3 Å². The van der Waals surface area contributed by atoms with Crippen molar-refractivity contribution in [2.45, 2.75) is 98.8 Å². The lowest BCUT2D eigenvalue weighted by Crippen LogP contribution is -2.22. The van der Waals surface area contributed by atoms with E-state index in [2.05, 4.69) is 30.7 Å². The first-order valence-corrected chi connectivity index (χ1v) is 21.6. The molecule has 0 atom stereocenters. The molecule has 2 aliphatic rings. The summed E-state index contributed by atoms with van der Waals surface area (Å²) in [7, 11) is 0. The van der Waals surface area contributed by atoms with Gasteiger partial charge in [-0.2, -0.15) is 26.3 Å². The molecule has 0 radical (unpaired) electrons. The van der Waals surface area contributed by atoms with Gasteiger partial charge in [-0.3, -0.25) is 14.6 Å². The number of carbonyl (C=O) groups is 1. The Kier molecular flexibility index (Phi) is 15.8. The Labute approximate surface area is 394 Å². The number of halogens is 6. The molecule has 68 heavy (non-hydrogen) atoms. The number of allylic oxidation sites excluding steroid dienone is 2. The van der Waals surface area contributed by atoms with Crippen LogP contribution < -0.4 is 10.9 Å². The normalized spacial score (nSPS) is 13.3. The number of fused-ring (bicyclic) bond motifs is 1. The number of hydrogen-bond acceptors (Lipinski definition) is 8. The van der Waals surface area contributed by atoms with Gasteiger partial charge in [-0.25, -0.2) is 0 Å². The monoisotopic (exact) mass is 955 g/mol. The van der Waals surface area contributed by atoms with E-state index < -0.39 is 23.5 Å². The van der Waals surface area contributed by atoms with E-state index in [0.29, 0.717) is 42.3 Å². The molecule has 0 spiro atoms. The maximum absolute atomic E-state index is 12.8. The van der Waals surface area contributed by atoms with E-state index >= 15 is 0 Å². The second-order valence-electron chi connectivity index (χ2n) is 16.1. The Morgan fingerprint density at radius 3 is 1.59 bits per heavy atom. The van der Waals surface area contributed by atoms with Crippen LogP contribution in [-0.4, -0.2) is 44.9 Å². The summed E-state index contributed by atoms with van der Waals surface area (Å²) in [6.07, 6.45) is -0.229. The Hall–Kier alpha value is -6.95. The molecular formula is C50H51F6N9O2S. The Balaban J connectivity index is 0.000000218. The zero-order valence-electron chi connectivity index (χ0n) is 35.6. The molecule has 0 amide bonds. The van der Waals surface area contributed by atoms with Crippen molar-refractivity contribution in [1.82, 2.24) is 44.4 Å². The van der Waals surface area contributed by atoms with Gasteiger partial charge in [-0.15, -0.1) is 20.4 Å². The number of ketones is 1. The van der Waals surface area contributed by atoms with Crippen LogP contribution in [0.2, 0.25) is 0 Å². The molecule has 7 aromatic rings. The first-order valence-electron chi connectivity index (χ1n) is 21.2. The van der Waals surface area contributed by atoms with E-state index in [1.165, 1.54) is 24.3 Å². The molecule has 0 saturated carbocycles. The minimum Gasteiger partial charge on any atom is -0.381 e. The van der Waals surface area contributed by atoms with Gasteiger partial charge in [0.05, 0.1) is 37.3 Å². The third kappa shape index (κ3) is 11.8. The SMILES string of the molecule is C.C.CC(=O)C1=C(NCc2nncn2Cc2ccc(-c3ccc(C(F)(F)F)cc3)cc2)CCC1.O=c1[nH]c(=S)n(Cc2nncn2Cc2ccc(-c3ccc(C(F)(F)F)cc3)cc2)c2c1CCC2. The predicted octanol–water partition coefficient (Wildman–Crippen LogP) is 11.2. The maximum Gasteiger partial charge on any atom is 0.416 e. The number of aromatic nitrogens is 8. The summed E-state index contributed by atoms with van der Waals surface area (Å²) in [6.45, 7) is 3.57. The average Bonchev–Trinajstić information content (AvgIpc) is 4.14. The fraction of sp³-hybridized carbons (Fsp3) is 0.300. The number of Topliss-reactive ketones (excluding diaryl/α,β-unsaturated/α-hetero) is 1. The third-order valence-corrected chi connectivity index (χ3v) is 12.1. The van der Waals surface area contributed by atoms with Crippen LogP contribution in [0.4, 0.5) is 26.3 Å². The van der Waals surface area contributed by atoms with Crippen LogP contribution in [0, 0.1) is 4.77 Å². The van der Waals surface area contributed by atoms with Crippen LogP contribution in [0.1, 0.15) is 92.6 Å². The predicted molar refractivity (Wildman–Crippen MR) is 251 cm³/mol. The van der Waals surface area contributed by atoms with Crippen LogP contribution in [0.3, 0.4) is 0 Å². The van der Waals surface area contributed by atoms with Gasteiger partial charge in [0.25, 0.3) is 5.56 Å². The summed E-state index contributed by atoms with van der Waals surface area (Å²) in [5, 5.41) is 19.8. The minimum atomic E-state index is -4.35. The van der Waals surface area contributed by atoms with Crippen molar-refractivity contribution in [3.63, 3.8) is 0 Å². The van der Waals surface area contributed by atoms with E-state index in [9.17, 15) is 35.9 Å². The van der Waals surface area contributed by atoms with Crippen LogP contribution in [-0.2, 0) is 56.2 Å². The number of nitrogens with zero attached hydrogens (tertiary/aromatic N) is 7. The van der Waals surface area contributed by atoms with Gasteiger partial charge in [-0.1, -0.05) is 87.6 Å². The molecule has 4 aromatic carbocycles. The number of hydrogen-bond donors (Lipinski definition) is 2. The summed E-state index contributed by atoms with van der Waals surface area (Å²) >= 11 is 5.40. The summed E-state index contributed by atoms with van der Waals surface area (Å²) in [4.78, 5) is 26.7. The second kappa shape index (κ2) is 21.3. The van der Waals surface area contributed by atoms with Gasteiger partial charge >= 0.3 is 12.4 Å². The highest BCUT2D eigenvalue weighted by Gasteiger charge is 2.31. The highest BCUT2D eigenvalue weighted by molar-refractivity contribution is 7.71. The van der Waals surface area contributed by atoms with Crippen molar-refractivity contribution in [3.05, 3.63) is 181 Å². The highest BCUT2D eigenvalue weighted by Crippen LogP contribution is 2.33. The van der Waals surface area contributed by atoms with Crippen molar-refractivity contribution >= 4 is 18.0 Å². The molecule has 0 bridgehead atoms. The number of H-pyrrole nitrogens is 1. The first kappa shape index (κ1) is 50.5. The molecule has 3 aromatic heterocycles. The van der Waals surface area contributed by atoms with Crippen molar-refractivity contribution in [2.24, 2.45) is 0 Å². The van der Waals surface area contributed by atoms with Crippen molar-refractivity contribution < 1.29 is 31.1 Å². The van der Waals surface area contributed by atoms with Gasteiger partial charge in [-0.05, 0) is 115 Å². The third-order valence-electron chi connectivity index (χ3n) is 11.8. The molecule has 0 aliphatic heterocycles. The van der Waals surface area contributed by atoms with Crippen molar-refractivity contribution in [2.75, 3.05) is 0 Å². The van der Waals surface area contributed by atoms with E-state index in [4.69, 9.17) is 12.2 Å². The minimum absolute atomic E-state index is 0. The fourth-order valence-electron chi connectivity index (χ4n) is 8.24. The van der Waals surface area contributed by atoms with Crippen LogP contribution in [0.15, 0.2) is 126 Å². The Morgan fingerprint density at radius 1 is 0.647 bits per heavy atom. The maximum atomic E-state index is 12.8. The molecule has 2 aliphatic carbocycles. The zero-order valence-corrected chi connectivity index (χ0v) is 36.4. The molecule has 9 rings (SSSR count).